The van der Waals surface area contributed by atoms with Gasteiger partial charge in [-0.25, -0.2) is 0 Å². The van der Waals surface area contributed by atoms with E-state index in [4.69, 9.17) is 19.4 Å². The molecule has 0 spiro atoms. The zero-order valence-electron chi connectivity index (χ0n) is 13.9. The lowest BCUT2D eigenvalue weighted by Gasteiger charge is -2.12. The molecular formula is C20H19NO4. The molecule has 0 aromatic heterocycles. The normalized spacial score (nSPS) is 10.9. The highest BCUT2D eigenvalue weighted by molar-refractivity contribution is 5.83. The van der Waals surface area contributed by atoms with Crippen molar-refractivity contribution >= 4 is 17.0 Å². The van der Waals surface area contributed by atoms with Crippen molar-refractivity contribution in [3.8, 4) is 17.2 Å². The van der Waals surface area contributed by atoms with Gasteiger partial charge in [0.2, 0.25) is 0 Å². The average molecular weight is 337 g/mol. The Balaban J connectivity index is 1.59. The van der Waals surface area contributed by atoms with Crippen molar-refractivity contribution in [2.24, 2.45) is 5.16 Å². The highest BCUT2D eigenvalue weighted by Gasteiger charge is 2.05. The first-order chi connectivity index (χ1) is 12.3. The minimum Gasteiger partial charge on any atom is -0.493 e. The van der Waals surface area contributed by atoms with Crippen LogP contribution in [0.1, 0.15) is 5.56 Å². The van der Waals surface area contributed by atoms with Crippen molar-refractivity contribution in [2.45, 2.75) is 0 Å². The van der Waals surface area contributed by atoms with Crippen LogP contribution in [0.2, 0.25) is 0 Å². The fourth-order valence-electron chi connectivity index (χ4n) is 2.52. The van der Waals surface area contributed by atoms with Crippen LogP contribution in [0.3, 0.4) is 0 Å². The van der Waals surface area contributed by atoms with Crippen molar-refractivity contribution in [1.29, 1.82) is 0 Å². The number of methoxy groups -OCH3 is 1. The van der Waals surface area contributed by atoms with Gasteiger partial charge >= 0.3 is 0 Å². The Labute approximate surface area is 146 Å². The largest absolute Gasteiger partial charge is 0.493 e. The van der Waals surface area contributed by atoms with E-state index in [1.807, 2.05) is 30.3 Å². The summed E-state index contributed by atoms with van der Waals surface area (Å²) in [5.74, 6) is 1.98. The summed E-state index contributed by atoms with van der Waals surface area (Å²) in [6.07, 6.45) is 1.33. The molecule has 25 heavy (non-hydrogen) atoms. The minimum atomic E-state index is 0.364. The molecule has 0 aliphatic rings. The average Bonchev–Trinajstić information content (AvgIpc) is 2.65. The second-order valence-electron chi connectivity index (χ2n) is 5.36. The molecule has 1 N–H and O–H groups in total. The molecule has 5 nitrogen and oxygen atoms in total. The summed E-state index contributed by atoms with van der Waals surface area (Å²) in [6, 6.07) is 19.4. The van der Waals surface area contributed by atoms with Gasteiger partial charge in [0.05, 0.1) is 13.3 Å². The lowest BCUT2D eigenvalue weighted by molar-refractivity contribution is 0.211. The van der Waals surface area contributed by atoms with E-state index in [2.05, 4.69) is 17.3 Å². The summed E-state index contributed by atoms with van der Waals surface area (Å²) in [4.78, 5) is 0. The fourth-order valence-corrected chi connectivity index (χ4v) is 2.52. The van der Waals surface area contributed by atoms with Crippen LogP contribution in [-0.4, -0.2) is 31.7 Å². The molecule has 3 aromatic carbocycles. The lowest BCUT2D eigenvalue weighted by atomic mass is 10.1. The zero-order chi connectivity index (χ0) is 17.5. The molecule has 5 heteroatoms. The molecule has 128 valence electrons. The van der Waals surface area contributed by atoms with Gasteiger partial charge in [0, 0.05) is 5.56 Å². The van der Waals surface area contributed by atoms with Crippen molar-refractivity contribution in [2.75, 3.05) is 20.3 Å². The van der Waals surface area contributed by atoms with Gasteiger partial charge in [-0.3, -0.25) is 0 Å². The van der Waals surface area contributed by atoms with Gasteiger partial charge in [-0.15, -0.1) is 0 Å². The molecule has 0 saturated carbocycles. The molecule has 0 aliphatic carbocycles. The van der Waals surface area contributed by atoms with Crippen LogP contribution in [-0.2, 0) is 0 Å². The highest BCUT2D eigenvalue weighted by atomic mass is 16.5. The third-order valence-electron chi connectivity index (χ3n) is 3.73. The fraction of sp³-hybridized carbons (Fsp3) is 0.150. The molecule has 0 heterocycles. The highest BCUT2D eigenvalue weighted by Crippen LogP contribution is 2.27. The number of benzene rings is 3. The summed E-state index contributed by atoms with van der Waals surface area (Å²) in [5.41, 5.74) is 0.716. The SMILES string of the molecule is COc1ccc(C=NO)cc1OCCOc1ccc2ccccc2c1. The van der Waals surface area contributed by atoms with E-state index in [1.165, 1.54) is 11.6 Å². The van der Waals surface area contributed by atoms with Crippen molar-refractivity contribution in [3.63, 3.8) is 0 Å². The van der Waals surface area contributed by atoms with Crippen LogP contribution in [0.4, 0.5) is 0 Å². The van der Waals surface area contributed by atoms with Crippen molar-refractivity contribution in [3.05, 3.63) is 66.2 Å². The van der Waals surface area contributed by atoms with E-state index in [0.717, 1.165) is 11.1 Å². The quantitative estimate of drug-likeness (QED) is 0.305. The molecule has 0 aliphatic heterocycles. The van der Waals surface area contributed by atoms with E-state index in [-0.39, 0.29) is 0 Å². The van der Waals surface area contributed by atoms with E-state index in [1.54, 1.807) is 25.3 Å². The third-order valence-corrected chi connectivity index (χ3v) is 3.73. The Bertz CT molecular complexity index is 876. The molecule has 0 saturated heterocycles. The Hall–Kier alpha value is -3.21. The second kappa shape index (κ2) is 8.06. The van der Waals surface area contributed by atoms with Crippen LogP contribution in [0.5, 0.6) is 17.2 Å². The van der Waals surface area contributed by atoms with Crippen LogP contribution < -0.4 is 14.2 Å². The van der Waals surface area contributed by atoms with Crippen molar-refractivity contribution < 1.29 is 19.4 Å². The summed E-state index contributed by atoms with van der Waals surface area (Å²) in [6.45, 7) is 0.767. The van der Waals surface area contributed by atoms with Gasteiger partial charge in [0.1, 0.15) is 19.0 Å². The molecule has 3 rings (SSSR count). The maximum Gasteiger partial charge on any atom is 0.161 e. The predicted octanol–water partition coefficient (Wildman–Crippen LogP) is 4.11. The van der Waals surface area contributed by atoms with Crippen molar-refractivity contribution in [1.82, 2.24) is 0 Å². The van der Waals surface area contributed by atoms with Gasteiger partial charge in [0.15, 0.2) is 11.5 Å². The first kappa shape index (κ1) is 16.6. The van der Waals surface area contributed by atoms with Crippen LogP contribution in [0.15, 0.2) is 65.8 Å². The van der Waals surface area contributed by atoms with Crippen LogP contribution in [0.25, 0.3) is 10.8 Å². The monoisotopic (exact) mass is 337 g/mol. The number of rotatable bonds is 7. The molecule has 0 unspecified atom stereocenters. The summed E-state index contributed by atoms with van der Waals surface area (Å²) in [7, 11) is 1.58. The Kier molecular flexibility index (Phi) is 5.36. The van der Waals surface area contributed by atoms with Gasteiger partial charge < -0.3 is 19.4 Å². The second-order valence-corrected chi connectivity index (χ2v) is 5.36. The summed E-state index contributed by atoms with van der Waals surface area (Å²) >= 11 is 0. The van der Waals surface area contributed by atoms with E-state index >= 15 is 0 Å². The smallest absolute Gasteiger partial charge is 0.161 e. The topological polar surface area (TPSA) is 60.3 Å². The first-order valence-corrected chi connectivity index (χ1v) is 7.90. The van der Waals surface area contributed by atoms with E-state index in [9.17, 15) is 0 Å². The minimum absolute atomic E-state index is 0.364. The molecule has 0 atom stereocenters. The Morgan fingerprint density at radius 2 is 1.68 bits per heavy atom. The lowest BCUT2D eigenvalue weighted by Crippen LogP contribution is -2.09. The molecule has 0 fully saturated rings. The summed E-state index contributed by atoms with van der Waals surface area (Å²) < 4.78 is 16.8. The first-order valence-electron chi connectivity index (χ1n) is 7.90. The Morgan fingerprint density at radius 1 is 0.880 bits per heavy atom. The number of fused-ring (bicyclic) bond motifs is 1. The van der Waals surface area contributed by atoms with Gasteiger partial charge in [0.25, 0.3) is 0 Å². The van der Waals surface area contributed by atoms with Gasteiger partial charge in [-0.1, -0.05) is 35.5 Å². The third kappa shape index (κ3) is 4.20. The molecule has 0 bridgehead atoms. The zero-order valence-corrected chi connectivity index (χ0v) is 13.9. The molecule has 3 aromatic rings. The number of oxime groups is 1. The Morgan fingerprint density at radius 3 is 2.48 bits per heavy atom. The maximum absolute atomic E-state index is 8.63. The van der Waals surface area contributed by atoms with E-state index < -0.39 is 0 Å². The molecule has 0 amide bonds. The number of hydrogen-bond acceptors (Lipinski definition) is 5. The van der Waals surface area contributed by atoms with E-state index in [0.29, 0.717) is 30.3 Å². The van der Waals surface area contributed by atoms with Gasteiger partial charge in [-0.05, 0) is 41.1 Å². The summed E-state index contributed by atoms with van der Waals surface area (Å²) in [5, 5.41) is 14.0. The van der Waals surface area contributed by atoms with Gasteiger partial charge in [-0.2, -0.15) is 0 Å². The predicted molar refractivity (Wildman–Crippen MR) is 97.3 cm³/mol. The number of nitrogens with zero attached hydrogens (tertiary/aromatic N) is 1. The van der Waals surface area contributed by atoms with Crippen LogP contribution >= 0.6 is 0 Å². The van der Waals surface area contributed by atoms with Crippen LogP contribution in [0, 0.1) is 0 Å². The maximum atomic E-state index is 8.63. The number of hydrogen-bond donors (Lipinski definition) is 1. The molecular weight excluding hydrogens is 318 g/mol. The molecule has 0 radical (unpaired) electrons. The number of ether oxygens (including phenoxy) is 3. The standard InChI is InChI=1S/C20H19NO4/c1-23-19-9-6-15(14-21-22)12-20(19)25-11-10-24-18-8-7-16-4-2-3-5-17(16)13-18/h2-9,12-14,22H,10-11H2,1H3.